The lowest BCUT2D eigenvalue weighted by Crippen LogP contribution is -2.01. The van der Waals surface area contributed by atoms with Crippen molar-refractivity contribution >= 4 is 11.3 Å². The Morgan fingerprint density at radius 2 is 2.28 bits per heavy atom. The first-order valence-electron chi connectivity index (χ1n) is 5.71. The minimum absolute atomic E-state index is 0.647. The Bertz CT molecular complexity index is 652. The van der Waals surface area contributed by atoms with Gasteiger partial charge in [-0.15, -0.1) is 11.3 Å². The van der Waals surface area contributed by atoms with Crippen molar-refractivity contribution in [2.45, 2.75) is 20.4 Å². The van der Waals surface area contributed by atoms with Crippen molar-refractivity contribution in [3.63, 3.8) is 0 Å². The van der Waals surface area contributed by atoms with Crippen LogP contribution in [0.2, 0.25) is 0 Å². The Morgan fingerprint density at radius 1 is 1.39 bits per heavy atom. The van der Waals surface area contributed by atoms with Gasteiger partial charge >= 0.3 is 0 Å². The molecule has 4 nitrogen and oxygen atoms in total. The highest BCUT2D eigenvalue weighted by Crippen LogP contribution is 2.26. The highest BCUT2D eigenvalue weighted by molar-refractivity contribution is 7.13. The lowest BCUT2D eigenvalue weighted by atomic mass is 10.3. The summed E-state index contributed by atoms with van der Waals surface area (Å²) >= 11 is 1.63. The minimum atomic E-state index is 0.647. The molecule has 0 unspecified atom stereocenters. The molecule has 0 aliphatic rings. The first kappa shape index (κ1) is 11.2. The molecule has 0 aromatic carbocycles. The molecule has 92 valence electrons. The first-order valence-corrected chi connectivity index (χ1v) is 6.59. The quantitative estimate of drug-likeness (QED) is 0.725. The van der Waals surface area contributed by atoms with Gasteiger partial charge in [0.2, 0.25) is 5.89 Å². The zero-order chi connectivity index (χ0) is 12.5. The third kappa shape index (κ3) is 2.09. The zero-order valence-corrected chi connectivity index (χ0v) is 11.1. The molecular weight excluding hydrogens is 246 g/mol. The summed E-state index contributed by atoms with van der Waals surface area (Å²) in [4.78, 5) is 5.60. The van der Waals surface area contributed by atoms with Gasteiger partial charge in [0.15, 0.2) is 0 Å². The average Bonchev–Trinajstić information content (AvgIpc) is 3.02. The molecule has 0 radical (unpaired) electrons. The number of aromatic nitrogens is 3. The van der Waals surface area contributed by atoms with Crippen LogP contribution in [0.15, 0.2) is 34.3 Å². The molecule has 0 saturated carbocycles. The predicted octanol–water partition coefficient (Wildman–Crippen LogP) is 3.26. The van der Waals surface area contributed by atoms with Crippen LogP contribution < -0.4 is 0 Å². The average molecular weight is 259 g/mol. The van der Waals surface area contributed by atoms with Crippen LogP contribution in [0, 0.1) is 13.8 Å². The largest absolute Gasteiger partial charge is 0.440 e. The molecule has 3 aromatic rings. The van der Waals surface area contributed by atoms with E-state index in [1.165, 1.54) is 0 Å². The van der Waals surface area contributed by atoms with Crippen molar-refractivity contribution in [2.24, 2.45) is 0 Å². The highest BCUT2D eigenvalue weighted by atomic mass is 32.1. The number of hydrogen-bond donors (Lipinski definition) is 0. The SMILES string of the molecule is Cc1cnn(Cc2nc(-c3cccs3)oc2C)c1. The van der Waals surface area contributed by atoms with Crippen molar-refractivity contribution in [3.8, 4) is 10.8 Å². The summed E-state index contributed by atoms with van der Waals surface area (Å²) in [5.74, 6) is 1.55. The molecule has 0 aliphatic heterocycles. The Morgan fingerprint density at radius 3 is 2.94 bits per heavy atom. The van der Waals surface area contributed by atoms with E-state index in [1.54, 1.807) is 11.3 Å². The Labute approximate surface area is 109 Å². The van der Waals surface area contributed by atoms with Gasteiger partial charge in [-0.1, -0.05) is 6.07 Å². The lowest BCUT2D eigenvalue weighted by Gasteiger charge is -1.97. The maximum atomic E-state index is 5.70. The summed E-state index contributed by atoms with van der Waals surface area (Å²) in [6.45, 7) is 4.61. The molecule has 0 atom stereocenters. The predicted molar refractivity (Wildman–Crippen MR) is 70.6 cm³/mol. The van der Waals surface area contributed by atoms with Crippen molar-refractivity contribution in [1.29, 1.82) is 0 Å². The molecule has 3 heterocycles. The summed E-state index contributed by atoms with van der Waals surface area (Å²) in [5, 5.41) is 6.28. The normalized spacial score (nSPS) is 11.0. The molecule has 0 N–H and O–H groups in total. The van der Waals surface area contributed by atoms with E-state index < -0.39 is 0 Å². The van der Waals surface area contributed by atoms with Gasteiger partial charge in [0.25, 0.3) is 0 Å². The van der Waals surface area contributed by atoms with Crippen LogP contribution in [0.5, 0.6) is 0 Å². The molecule has 0 fully saturated rings. The van der Waals surface area contributed by atoms with E-state index in [-0.39, 0.29) is 0 Å². The topological polar surface area (TPSA) is 43.9 Å². The van der Waals surface area contributed by atoms with Crippen LogP contribution >= 0.6 is 11.3 Å². The third-order valence-electron chi connectivity index (χ3n) is 2.70. The van der Waals surface area contributed by atoms with Crippen LogP contribution in [0.3, 0.4) is 0 Å². The molecule has 0 bridgehead atoms. The zero-order valence-electron chi connectivity index (χ0n) is 10.3. The fourth-order valence-electron chi connectivity index (χ4n) is 1.79. The van der Waals surface area contributed by atoms with Gasteiger partial charge in [-0.2, -0.15) is 5.10 Å². The molecule has 0 spiro atoms. The molecule has 5 heteroatoms. The summed E-state index contributed by atoms with van der Waals surface area (Å²) in [6, 6.07) is 4.01. The maximum absolute atomic E-state index is 5.70. The number of hydrogen-bond acceptors (Lipinski definition) is 4. The smallest absolute Gasteiger partial charge is 0.236 e. The van der Waals surface area contributed by atoms with Gasteiger partial charge in [-0.25, -0.2) is 4.98 Å². The van der Waals surface area contributed by atoms with E-state index in [2.05, 4.69) is 10.1 Å². The summed E-state index contributed by atoms with van der Waals surface area (Å²) in [7, 11) is 0. The maximum Gasteiger partial charge on any atom is 0.236 e. The van der Waals surface area contributed by atoms with Crippen LogP contribution in [0.1, 0.15) is 17.0 Å². The number of rotatable bonds is 3. The van der Waals surface area contributed by atoms with Crippen LogP contribution in [-0.4, -0.2) is 14.8 Å². The molecule has 0 aliphatic carbocycles. The molecule has 18 heavy (non-hydrogen) atoms. The van der Waals surface area contributed by atoms with Crippen molar-refractivity contribution in [2.75, 3.05) is 0 Å². The third-order valence-corrected chi connectivity index (χ3v) is 3.56. The monoisotopic (exact) mass is 259 g/mol. The van der Waals surface area contributed by atoms with Gasteiger partial charge in [0, 0.05) is 6.20 Å². The fraction of sp³-hybridized carbons (Fsp3) is 0.231. The van der Waals surface area contributed by atoms with E-state index in [0.29, 0.717) is 12.4 Å². The summed E-state index contributed by atoms with van der Waals surface area (Å²) in [5.41, 5.74) is 2.08. The van der Waals surface area contributed by atoms with E-state index in [0.717, 1.165) is 21.9 Å². The Hall–Kier alpha value is -1.88. The van der Waals surface area contributed by atoms with Crippen LogP contribution in [0.4, 0.5) is 0 Å². The van der Waals surface area contributed by atoms with Crippen LogP contribution in [0.25, 0.3) is 10.8 Å². The second kappa shape index (κ2) is 4.42. The highest BCUT2D eigenvalue weighted by Gasteiger charge is 2.12. The standard InChI is InChI=1S/C13H13N3OS/c1-9-6-14-16(7-9)8-11-10(2)17-13(15-11)12-4-3-5-18-12/h3-7H,8H2,1-2H3. The van der Waals surface area contributed by atoms with Crippen molar-refractivity contribution in [3.05, 3.63) is 46.9 Å². The van der Waals surface area contributed by atoms with Gasteiger partial charge in [-0.05, 0) is 30.9 Å². The van der Waals surface area contributed by atoms with Gasteiger partial charge < -0.3 is 4.42 Å². The van der Waals surface area contributed by atoms with E-state index >= 15 is 0 Å². The van der Waals surface area contributed by atoms with E-state index in [1.807, 2.05) is 48.4 Å². The van der Waals surface area contributed by atoms with Crippen molar-refractivity contribution in [1.82, 2.24) is 14.8 Å². The lowest BCUT2D eigenvalue weighted by molar-refractivity contribution is 0.537. The molecule has 3 aromatic heterocycles. The summed E-state index contributed by atoms with van der Waals surface area (Å²) in [6.07, 6.45) is 3.84. The second-order valence-corrected chi connectivity index (χ2v) is 5.16. The van der Waals surface area contributed by atoms with E-state index in [9.17, 15) is 0 Å². The number of thiophene rings is 1. The van der Waals surface area contributed by atoms with E-state index in [4.69, 9.17) is 4.42 Å². The Kier molecular flexibility index (Phi) is 2.76. The fourth-order valence-corrected chi connectivity index (χ4v) is 2.44. The number of aryl methyl sites for hydroxylation is 2. The molecular formula is C13H13N3OS. The van der Waals surface area contributed by atoms with Gasteiger partial charge in [0.1, 0.15) is 11.5 Å². The Balaban J connectivity index is 1.89. The number of nitrogens with zero attached hydrogens (tertiary/aromatic N) is 3. The minimum Gasteiger partial charge on any atom is -0.440 e. The second-order valence-electron chi connectivity index (χ2n) is 4.21. The first-order chi connectivity index (χ1) is 8.72. The van der Waals surface area contributed by atoms with Crippen LogP contribution in [-0.2, 0) is 6.54 Å². The molecule has 0 saturated heterocycles. The summed E-state index contributed by atoms with van der Waals surface area (Å²) < 4.78 is 7.57. The molecule has 3 rings (SSSR count). The molecule has 0 amide bonds. The van der Waals surface area contributed by atoms with Gasteiger partial charge in [0.05, 0.1) is 17.6 Å². The number of oxazole rings is 1. The van der Waals surface area contributed by atoms with Crippen molar-refractivity contribution < 1.29 is 4.42 Å². The van der Waals surface area contributed by atoms with Gasteiger partial charge in [-0.3, -0.25) is 4.68 Å².